The zero-order valence-electron chi connectivity index (χ0n) is 28.9. The average molecular weight is 818 g/mol. The minimum Gasteiger partial charge on any atom is -0.726 e. The Balaban J connectivity index is 0.0000101. The van der Waals surface area contributed by atoms with Crippen molar-refractivity contribution in [1.82, 2.24) is 5.32 Å². The largest absolute Gasteiger partial charge is 1.00 e. The first-order valence-electron chi connectivity index (χ1n) is 15.9. The van der Waals surface area contributed by atoms with E-state index in [1.54, 1.807) is 0 Å². The number of aliphatic hydroxyl groups is 8. The van der Waals surface area contributed by atoms with Gasteiger partial charge in [0.2, 0.25) is 16.3 Å². The van der Waals surface area contributed by atoms with Gasteiger partial charge in [0.25, 0.3) is 5.79 Å². The molecule has 0 aromatic heterocycles. The molecule has 7 unspecified atom stereocenters. The fourth-order valence-corrected chi connectivity index (χ4v) is 6.12. The Kier molecular flexibility index (Phi) is 19.2. The second-order valence-electron chi connectivity index (χ2n) is 12.3. The summed E-state index contributed by atoms with van der Waals surface area (Å²) in [6.07, 6.45) is -26.5. The van der Waals surface area contributed by atoms with Crippen LogP contribution in [0.5, 0.6) is 0 Å². The van der Waals surface area contributed by atoms with Crippen molar-refractivity contribution in [2.45, 2.75) is 117 Å². The molecule has 0 radical (unpaired) electrons. The number of carboxylic acids is 1. The molecule has 3 fully saturated rings. The summed E-state index contributed by atoms with van der Waals surface area (Å²) in [5.74, 6) is -5.82. The van der Waals surface area contributed by atoms with Crippen LogP contribution in [0.3, 0.4) is 0 Å². The smallest absolute Gasteiger partial charge is 0.726 e. The van der Waals surface area contributed by atoms with Gasteiger partial charge >= 0.3 is 35.5 Å². The first-order valence-corrected chi connectivity index (χ1v) is 17.2. The van der Waals surface area contributed by atoms with Gasteiger partial charge in [-0.05, 0) is 12.0 Å². The van der Waals surface area contributed by atoms with Crippen molar-refractivity contribution in [2.75, 3.05) is 33.0 Å². The molecular weight excluding hydrogens is 773 g/mol. The molecule has 16 atom stereocenters. The summed E-state index contributed by atoms with van der Waals surface area (Å²) in [6.45, 7) is -2.47. The number of nitrogens with one attached hydrogen (secondary N) is 1. The van der Waals surface area contributed by atoms with Crippen LogP contribution in [0.1, 0.15) is 19.8 Å². The van der Waals surface area contributed by atoms with E-state index in [0.29, 0.717) is 0 Å². The van der Waals surface area contributed by atoms with E-state index < -0.39 is 146 Å². The number of nitrogens with zero attached hydrogens (tertiary/aromatic N) is 3. The summed E-state index contributed by atoms with van der Waals surface area (Å²) in [6, 6.07) is -3.11. The van der Waals surface area contributed by atoms with Crippen LogP contribution in [0.2, 0.25) is 0 Å². The number of ether oxygens (including phenoxy) is 6. The normalized spacial score (nSPS) is 38.3. The van der Waals surface area contributed by atoms with Gasteiger partial charge in [-0.15, -0.1) is 0 Å². The molecule has 12 N–H and O–H groups in total. The number of aliphatic carboxylic acids is 1. The van der Waals surface area contributed by atoms with Crippen LogP contribution < -0.4 is 40.6 Å². The van der Waals surface area contributed by atoms with Crippen LogP contribution >= 0.6 is 0 Å². The maximum atomic E-state index is 12.6. The van der Waals surface area contributed by atoms with E-state index in [1.807, 2.05) is 0 Å². The molecule has 0 bridgehead atoms. The third-order valence-electron chi connectivity index (χ3n) is 8.48. The summed E-state index contributed by atoms with van der Waals surface area (Å²) >= 11 is 0. The SMILES string of the molecule is CC(=O)NC1C(O[C@@H]2OC(CO)[C@H](O)C(O[C@]3(C(=O)O)C[C@@H](O)[C@@H](N)C([C@H](O)[C@H](O)CO)O3)C2O)[C@H](O)C(COS(=O)(=O)[O-])O[C@H]1OCCCN=[N+]=[N-].[Na+]. The number of carboxylic acid groups (broad SMARTS) is 1. The number of hydrogen-bond acceptors (Lipinski definition) is 22. The maximum absolute atomic E-state index is 12.6. The Morgan fingerprint density at radius 3 is 2.28 bits per heavy atom. The van der Waals surface area contributed by atoms with E-state index in [0.717, 1.165) is 6.92 Å². The third-order valence-corrected chi connectivity index (χ3v) is 8.90. The Hall–Kier alpha value is -1.48. The average Bonchev–Trinajstić information content (AvgIpc) is 3.09. The van der Waals surface area contributed by atoms with Crippen molar-refractivity contribution in [2.24, 2.45) is 10.8 Å². The Bertz CT molecular complexity index is 1390. The number of hydrogen-bond donors (Lipinski definition) is 11. The molecule has 0 spiro atoms. The van der Waals surface area contributed by atoms with Crippen molar-refractivity contribution in [1.29, 1.82) is 0 Å². The van der Waals surface area contributed by atoms with E-state index in [9.17, 15) is 68.5 Å². The van der Waals surface area contributed by atoms with Gasteiger partial charge in [0, 0.05) is 31.4 Å². The van der Waals surface area contributed by atoms with Crippen molar-refractivity contribution in [3.05, 3.63) is 10.4 Å². The van der Waals surface area contributed by atoms with Crippen molar-refractivity contribution in [3.63, 3.8) is 0 Å². The van der Waals surface area contributed by atoms with Gasteiger partial charge in [-0.1, -0.05) is 5.11 Å². The third kappa shape index (κ3) is 12.3. The first-order chi connectivity index (χ1) is 24.8. The minimum absolute atomic E-state index is 0. The van der Waals surface area contributed by atoms with Gasteiger partial charge in [0.15, 0.2) is 12.6 Å². The molecule has 28 heteroatoms. The van der Waals surface area contributed by atoms with E-state index >= 15 is 0 Å². The molecule has 1 amide bonds. The van der Waals surface area contributed by atoms with Gasteiger partial charge in [0.1, 0.15) is 67.1 Å². The van der Waals surface area contributed by atoms with Crippen molar-refractivity contribution in [3.8, 4) is 0 Å². The molecular formula is C26H44N5NaO21S. The predicted molar refractivity (Wildman–Crippen MR) is 163 cm³/mol. The van der Waals surface area contributed by atoms with E-state index in [2.05, 4.69) is 19.5 Å². The molecule has 0 aromatic rings. The van der Waals surface area contributed by atoms with E-state index in [1.165, 1.54) is 0 Å². The molecule has 306 valence electrons. The van der Waals surface area contributed by atoms with Crippen molar-refractivity contribution >= 4 is 22.3 Å². The molecule has 0 aromatic carbocycles. The van der Waals surface area contributed by atoms with Crippen molar-refractivity contribution < 1.29 is 131 Å². The zero-order chi connectivity index (χ0) is 39.8. The van der Waals surface area contributed by atoms with Crippen LogP contribution in [0.25, 0.3) is 10.4 Å². The van der Waals surface area contributed by atoms with Crippen LogP contribution in [-0.4, -0.2) is 201 Å². The molecule has 3 saturated heterocycles. The van der Waals surface area contributed by atoms with Crippen LogP contribution in [0.4, 0.5) is 0 Å². The first kappa shape index (κ1) is 48.7. The summed E-state index contributed by atoms with van der Waals surface area (Å²) in [7, 11) is -5.36. The van der Waals surface area contributed by atoms with Gasteiger partial charge in [-0.25, -0.2) is 13.2 Å². The summed E-state index contributed by atoms with van der Waals surface area (Å²) in [4.78, 5) is 27.5. The van der Waals surface area contributed by atoms with Crippen LogP contribution in [0.15, 0.2) is 5.11 Å². The Labute approximate surface area is 328 Å². The Morgan fingerprint density at radius 1 is 1.09 bits per heavy atom. The van der Waals surface area contributed by atoms with Gasteiger partial charge in [-0.3, -0.25) is 8.98 Å². The number of amides is 1. The number of carbonyl (C=O) groups excluding carboxylic acids is 1. The van der Waals surface area contributed by atoms with Gasteiger partial charge in [-0.2, -0.15) is 0 Å². The molecule has 3 aliphatic heterocycles. The molecule has 3 aliphatic rings. The molecule has 54 heavy (non-hydrogen) atoms. The standard InChI is InChI=1S/C26H45N5O21S.Na/c1-9(34)30-15-21(18(39)13(8-47-53(43,44)45)49-23(15)46-4-2-3-29-31-28)50-24-19(40)22(17(38)12(7-33)48-24)52-26(25(41)42)5-10(35)14(27)20(51-26)16(37)11(36)6-32;/h10-24,32-33,35-40H,2-8,27H2,1H3,(H,30,34)(H,41,42)(H,43,44,45);/q;+1/p-1/t10-,11-,12?,13?,14-,15?,16-,17+,18-,19?,20?,21?,22?,23-,24+,26+;/m1./s1. The van der Waals surface area contributed by atoms with Crippen LogP contribution in [-0.2, 0) is 52.6 Å². The summed E-state index contributed by atoms with van der Waals surface area (Å²) < 4.78 is 71.4. The fourth-order valence-electron chi connectivity index (χ4n) is 5.82. The van der Waals surface area contributed by atoms with Gasteiger partial charge in [0.05, 0.1) is 32.0 Å². The molecule has 3 rings (SSSR count). The second kappa shape index (κ2) is 21.3. The zero-order valence-corrected chi connectivity index (χ0v) is 31.7. The topological polar surface area (TPSA) is 425 Å². The number of rotatable bonds is 18. The quantitative estimate of drug-likeness (QED) is 0.0116. The second-order valence-corrected chi connectivity index (χ2v) is 13.3. The minimum atomic E-state index is -5.36. The predicted octanol–water partition coefficient (Wildman–Crippen LogP) is -10.0. The van der Waals surface area contributed by atoms with Gasteiger partial charge < -0.3 is 90.0 Å². The monoisotopic (exact) mass is 817 g/mol. The van der Waals surface area contributed by atoms with E-state index in [-0.39, 0.29) is 49.1 Å². The molecule has 26 nitrogen and oxygen atoms in total. The molecule has 0 saturated carbocycles. The molecule has 0 aliphatic carbocycles. The number of carbonyl (C=O) groups is 2. The fraction of sp³-hybridized carbons (Fsp3) is 0.923. The number of aliphatic hydroxyl groups excluding tert-OH is 8. The van der Waals surface area contributed by atoms with E-state index in [4.69, 9.17) is 39.7 Å². The summed E-state index contributed by atoms with van der Waals surface area (Å²) in [5.41, 5.74) is 14.4. The Morgan fingerprint density at radius 2 is 1.72 bits per heavy atom. The van der Waals surface area contributed by atoms with Crippen LogP contribution in [0, 0.1) is 0 Å². The number of nitrogens with two attached hydrogens (primary N) is 1. The molecule has 3 heterocycles. The maximum Gasteiger partial charge on any atom is 1.00 e. The number of azide groups is 1. The summed E-state index contributed by atoms with van der Waals surface area (Å²) in [5, 5.41) is 100.